The normalized spacial score (nSPS) is 15.5. The highest BCUT2D eigenvalue weighted by Crippen LogP contribution is 2.37. The second kappa shape index (κ2) is 8.84. The van der Waals surface area contributed by atoms with Gasteiger partial charge in [0.1, 0.15) is 0 Å². The number of benzene rings is 2. The van der Waals surface area contributed by atoms with Gasteiger partial charge in [-0.05, 0) is 49.6 Å². The molecular formula is C22H20F6N2O2. The average molecular weight is 458 g/mol. The number of alkyl halides is 6. The van der Waals surface area contributed by atoms with Crippen molar-refractivity contribution in [3.8, 4) is 0 Å². The van der Waals surface area contributed by atoms with E-state index in [1.807, 2.05) is 0 Å². The van der Waals surface area contributed by atoms with E-state index in [0.29, 0.717) is 17.7 Å². The Kier molecular flexibility index (Phi) is 6.52. The molecule has 32 heavy (non-hydrogen) atoms. The Hall–Kier alpha value is -3.04. The Morgan fingerprint density at radius 2 is 1.44 bits per heavy atom. The highest BCUT2D eigenvalue weighted by Gasteiger charge is 2.37. The molecule has 1 fully saturated rings. The molecule has 2 aromatic rings. The second-order valence-corrected chi connectivity index (χ2v) is 7.67. The van der Waals surface area contributed by atoms with Crippen molar-refractivity contribution in [3.63, 3.8) is 0 Å². The van der Waals surface area contributed by atoms with Crippen LogP contribution in [-0.2, 0) is 17.1 Å². The Balaban J connectivity index is 1.69. The van der Waals surface area contributed by atoms with Gasteiger partial charge in [-0.15, -0.1) is 0 Å². The fourth-order valence-corrected chi connectivity index (χ4v) is 3.60. The van der Waals surface area contributed by atoms with Crippen molar-refractivity contribution in [1.29, 1.82) is 0 Å². The summed E-state index contributed by atoms with van der Waals surface area (Å²) in [5.41, 5.74) is -2.22. The van der Waals surface area contributed by atoms with Crippen LogP contribution in [0.15, 0.2) is 42.5 Å². The Bertz CT molecular complexity index is 976. The van der Waals surface area contributed by atoms with Gasteiger partial charge in [0.15, 0.2) is 0 Å². The van der Waals surface area contributed by atoms with Crippen molar-refractivity contribution in [2.24, 2.45) is 5.92 Å². The number of halogens is 6. The third-order valence-corrected chi connectivity index (χ3v) is 5.38. The van der Waals surface area contributed by atoms with Gasteiger partial charge in [0.05, 0.1) is 11.1 Å². The topological polar surface area (TPSA) is 49.4 Å². The molecule has 172 valence electrons. The number of amides is 2. The zero-order valence-electron chi connectivity index (χ0n) is 17.0. The maximum Gasteiger partial charge on any atom is 0.416 e. The lowest BCUT2D eigenvalue weighted by molar-refractivity contribution is -0.143. The van der Waals surface area contributed by atoms with E-state index in [1.54, 1.807) is 36.1 Å². The molecule has 0 saturated carbocycles. The zero-order valence-corrected chi connectivity index (χ0v) is 17.0. The van der Waals surface area contributed by atoms with Crippen LogP contribution >= 0.6 is 0 Å². The SMILES string of the molecule is Cc1ccccc1C(=O)N1CCC(C(=O)Nc2cc(C(F)(F)F)cc(C(F)(F)F)c2)CC1. The lowest BCUT2D eigenvalue weighted by Crippen LogP contribution is -2.41. The molecule has 1 heterocycles. The second-order valence-electron chi connectivity index (χ2n) is 7.67. The summed E-state index contributed by atoms with van der Waals surface area (Å²) in [4.78, 5) is 26.8. The van der Waals surface area contributed by atoms with Crippen LogP contribution in [-0.4, -0.2) is 29.8 Å². The summed E-state index contributed by atoms with van der Waals surface area (Å²) in [6.45, 7) is 2.31. The summed E-state index contributed by atoms with van der Waals surface area (Å²) in [6.07, 6.45) is -9.51. The molecule has 1 N–H and O–H groups in total. The largest absolute Gasteiger partial charge is 0.416 e. The minimum atomic E-state index is -5.00. The number of carbonyl (C=O) groups excluding carboxylic acids is 2. The molecule has 1 aliphatic heterocycles. The lowest BCUT2D eigenvalue weighted by atomic mass is 9.94. The average Bonchev–Trinajstić information content (AvgIpc) is 2.72. The number of likely N-dealkylation sites (tertiary alicyclic amines) is 1. The fraction of sp³-hybridized carbons (Fsp3) is 0.364. The molecule has 0 unspecified atom stereocenters. The molecule has 1 aliphatic rings. The number of nitrogens with zero attached hydrogens (tertiary/aromatic N) is 1. The number of hydrogen-bond acceptors (Lipinski definition) is 2. The monoisotopic (exact) mass is 458 g/mol. The first kappa shape index (κ1) is 23.6. The molecule has 3 rings (SSSR count). The van der Waals surface area contributed by atoms with Crippen molar-refractivity contribution in [3.05, 3.63) is 64.7 Å². The summed E-state index contributed by atoms with van der Waals surface area (Å²) in [5.74, 6) is -1.50. The number of carbonyl (C=O) groups is 2. The predicted molar refractivity (Wildman–Crippen MR) is 105 cm³/mol. The van der Waals surface area contributed by atoms with Crippen molar-refractivity contribution >= 4 is 17.5 Å². The van der Waals surface area contributed by atoms with Crippen LogP contribution in [0.25, 0.3) is 0 Å². The first-order chi connectivity index (χ1) is 14.9. The first-order valence-electron chi connectivity index (χ1n) is 9.81. The van der Waals surface area contributed by atoms with Crippen LogP contribution in [0, 0.1) is 12.8 Å². The molecule has 0 atom stereocenters. The number of rotatable bonds is 3. The molecule has 1 saturated heterocycles. The molecule has 0 aromatic heterocycles. The van der Waals surface area contributed by atoms with E-state index in [9.17, 15) is 35.9 Å². The Morgan fingerprint density at radius 3 is 1.94 bits per heavy atom. The summed E-state index contributed by atoms with van der Waals surface area (Å²) >= 11 is 0. The smallest absolute Gasteiger partial charge is 0.339 e. The van der Waals surface area contributed by atoms with E-state index in [4.69, 9.17) is 0 Å². The molecular weight excluding hydrogens is 438 g/mol. The molecule has 0 bridgehead atoms. The number of piperidine rings is 1. The van der Waals surface area contributed by atoms with Gasteiger partial charge in [-0.3, -0.25) is 9.59 Å². The van der Waals surface area contributed by atoms with Crippen LogP contribution in [0.3, 0.4) is 0 Å². The molecule has 0 radical (unpaired) electrons. The van der Waals surface area contributed by atoms with Crippen LogP contribution in [0.1, 0.15) is 39.9 Å². The molecule has 4 nitrogen and oxygen atoms in total. The van der Waals surface area contributed by atoms with Gasteiger partial charge in [0, 0.05) is 30.3 Å². The Labute approximate surface area is 180 Å². The lowest BCUT2D eigenvalue weighted by Gasteiger charge is -2.31. The Morgan fingerprint density at radius 1 is 0.906 bits per heavy atom. The maximum absolute atomic E-state index is 13.0. The van der Waals surface area contributed by atoms with E-state index in [1.165, 1.54) is 0 Å². The van der Waals surface area contributed by atoms with Gasteiger partial charge in [0.25, 0.3) is 5.91 Å². The van der Waals surface area contributed by atoms with E-state index < -0.39 is 41.0 Å². The first-order valence-corrected chi connectivity index (χ1v) is 9.81. The van der Waals surface area contributed by atoms with Crippen LogP contribution in [0.4, 0.5) is 32.0 Å². The molecule has 10 heteroatoms. The molecule has 0 spiro atoms. The zero-order chi connectivity index (χ0) is 23.7. The fourth-order valence-electron chi connectivity index (χ4n) is 3.60. The third kappa shape index (κ3) is 5.41. The predicted octanol–water partition coefficient (Wildman–Crippen LogP) is 5.52. The highest BCUT2D eigenvalue weighted by molar-refractivity contribution is 5.96. The molecule has 0 aliphatic carbocycles. The minimum Gasteiger partial charge on any atom is -0.339 e. The van der Waals surface area contributed by atoms with E-state index >= 15 is 0 Å². The van der Waals surface area contributed by atoms with Crippen molar-refractivity contribution in [2.75, 3.05) is 18.4 Å². The number of nitrogens with one attached hydrogen (secondary N) is 1. The van der Waals surface area contributed by atoms with Crippen molar-refractivity contribution in [2.45, 2.75) is 32.1 Å². The number of aryl methyl sites for hydroxylation is 1. The van der Waals surface area contributed by atoms with E-state index in [0.717, 1.165) is 5.56 Å². The quantitative estimate of drug-likeness (QED) is 0.616. The van der Waals surface area contributed by atoms with Gasteiger partial charge in [-0.25, -0.2) is 0 Å². The van der Waals surface area contributed by atoms with Gasteiger partial charge < -0.3 is 10.2 Å². The van der Waals surface area contributed by atoms with Crippen LogP contribution in [0.5, 0.6) is 0 Å². The maximum atomic E-state index is 13.0. The van der Waals surface area contributed by atoms with E-state index in [-0.39, 0.29) is 37.9 Å². The number of hydrogen-bond donors (Lipinski definition) is 1. The van der Waals surface area contributed by atoms with E-state index in [2.05, 4.69) is 5.32 Å². The number of anilines is 1. The van der Waals surface area contributed by atoms with Gasteiger partial charge in [-0.2, -0.15) is 26.3 Å². The standard InChI is InChI=1S/C22H20F6N2O2/c1-13-4-2-3-5-18(13)20(32)30-8-6-14(7-9-30)19(31)29-17-11-15(21(23,24)25)10-16(12-17)22(26,27)28/h2-5,10-12,14H,6-9H2,1H3,(H,29,31). The summed E-state index contributed by atoms with van der Waals surface area (Å²) in [5, 5.41) is 2.18. The van der Waals surface area contributed by atoms with Crippen molar-refractivity contribution in [1.82, 2.24) is 4.90 Å². The summed E-state index contributed by atoms with van der Waals surface area (Å²) in [6, 6.07) is 8.00. The molecule has 2 aromatic carbocycles. The minimum absolute atomic E-state index is 0.00528. The van der Waals surface area contributed by atoms with Gasteiger partial charge >= 0.3 is 12.4 Å². The highest BCUT2D eigenvalue weighted by atomic mass is 19.4. The third-order valence-electron chi connectivity index (χ3n) is 5.38. The summed E-state index contributed by atoms with van der Waals surface area (Å²) < 4.78 is 78.0. The van der Waals surface area contributed by atoms with Gasteiger partial charge in [-0.1, -0.05) is 18.2 Å². The van der Waals surface area contributed by atoms with Crippen LogP contribution in [0.2, 0.25) is 0 Å². The van der Waals surface area contributed by atoms with Gasteiger partial charge in [0.2, 0.25) is 5.91 Å². The summed E-state index contributed by atoms with van der Waals surface area (Å²) in [7, 11) is 0. The van der Waals surface area contributed by atoms with Crippen molar-refractivity contribution < 1.29 is 35.9 Å². The molecule has 2 amide bonds. The van der Waals surface area contributed by atoms with Crippen LogP contribution < -0.4 is 5.32 Å².